The minimum atomic E-state index is -0.149. The van der Waals surface area contributed by atoms with E-state index in [1.165, 1.54) is 40.7 Å². The van der Waals surface area contributed by atoms with Gasteiger partial charge in [-0.25, -0.2) is 9.79 Å². The Morgan fingerprint density at radius 3 is 2.16 bits per heavy atom. The lowest BCUT2D eigenvalue weighted by Gasteiger charge is -2.19. The molecule has 0 bridgehead atoms. The maximum absolute atomic E-state index is 12.6. The normalized spacial score (nSPS) is 18.1. The summed E-state index contributed by atoms with van der Waals surface area (Å²) >= 11 is 0. The van der Waals surface area contributed by atoms with Crippen molar-refractivity contribution in [3.63, 3.8) is 0 Å². The van der Waals surface area contributed by atoms with Crippen molar-refractivity contribution in [2.24, 2.45) is 10.9 Å². The van der Waals surface area contributed by atoms with Gasteiger partial charge in [-0.3, -0.25) is 5.32 Å². The molecule has 4 rings (SSSR count). The number of amidine groups is 1. The molecule has 0 saturated carbocycles. The molecule has 1 aromatic carbocycles. The van der Waals surface area contributed by atoms with E-state index < -0.39 is 0 Å². The molecule has 0 aromatic heterocycles. The smallest absolute Gasteiger partial charge is 0.307 e. The number of allylic oxidation sites excluding steroid dienone is 1. The number of hydrogen-bond donors (Lipinski definition) is 2. The van der Waals surface area contributed by atoms with Crippen LogP contribution in [0.3, 0.4) is 0 Å². The highest BCUT2D eigenvalue weighted by molar-refractivity contribution is 6.05. The third kappa shape index (κ3) is 2.88. The molecule has 1 aromatic rings. The van der Waals surface area contributed by atoms with Gasteiger partial charge in [0.2, 0.25) is 0 Å². The number of aliphatic imine (C=N–C) groups is 1. The van der Waals surface area contributed by atoms with Crippen molar-refractivity contribution in [3.05, 3.63) is 39.6 Å². The van der Waals surface area contributed by atoms with Gasteiger partial charge in [0, 0.05) is 17.8 Å². The molecule has 1 aliphatic heterocycles. The minimum Gasteiger partial charge on any atom is -0.307 e. The first-order valence-electron chi connectivity index (χ1n) is 9.56. The van der Waals surface area contributed by atoms with Crippen LogP contribution in [0, 0.1) is 12.8 Å². The van der Waals surface area contributed by atoms with Gasteiger partial charge in [-0.15, -0.1) is 0 Å². The number of hydrogen-bond acceptors (Lipinski definition) is 2. The lowest BCUT2D eigenvalue weighted by molar-refractivity contribution is 0.256. The van der Waals surface area contributed by atoms with Gasteiger partial charge in [0.15, 0.2) is 0 Å². The zero-order valence-electron chi connectivity index (χ0n) is 15.5. The number of anilines is 1. The number of carbonyl (C=O) groups is 1. The fourth-order valence-electron chi connectivity index (χ4n) is 4.55. The highest BCUT2D eigenvalue weighted by Gasteiger charge is 2.28. The van der Waals surface area contributed by atoms with Gasteiger partial charge < -0.3 is 5.32 Å². The molecule has 0 unspecified atom stereocenters. The average Bonchev–Trinajstić information content (AvgIpc) is 3.30. The fraction of sp³-hybridized carbons (Fsp3) is 0.524. The zero-order chi connectivity index (χ0) is 17.6. The van der Waals surface area contributed by atoms with E-state index in [0.717, 1.165) is 42.9 Å². The number of fused-ring (bicyclic) bond motifs is 2. The van der Waals surface area contributed by atoms with Crippen LogP contribution in [0.4, 0.5) is 10.5 Å². The van der Waals surface area contributed by atoms with Crippen molar-refractivity contribution >= 4 is 17.6 Å². The molecule has 3 aliphatic rings. The lowest BCUT2D eigenvalue weighted by atomic mass is 9.93. The van der Waals surface area contributed by atoms with E-state index >= 15 is 0 Å². The molecule has 2 aliphatic carbocycles. The Hall–Kier alpha value is -2.10. The first kappa shape index (κ1) is 16.4. The molecule has 132 valence electrons. The molecule has 2 amide bonds. The van der Waals surface area contributed by atoms with Gasteiger partial charge in [-0.1, -0.05) is 19.9 Å². The molecule has 4 nitrogen and oxygen atoms in total. The number of nitrogens with one attached hydrogen (secondary N) is 2. The highest BCUT2D eigenvalue weighted by atomic mass is 16.2. The van der Waals surface area contributed by atoms with Crippen LogP contribution in [0.1, 0.15) is 60.9 Å². The summed E-state index contributed by atoms with van der Waals surface area (Å²) in [6.45, 7) is 6.51. The van der Waals surface area contributed by atoms with E-state index in [0.29, 0.717) is 12.3 Å². The summed E-state index contributed by atoms with van der Waals surface area (Å²) in [4.78, 5) is 17.1. The monoisotopic (exact) mass is 337 g/mol. The number of urea groups is 1. The second-order valence-corrected chi connectivity index (χ2v) is 7.75. The second-order valence-electron chi connectivity index (χ2n) is 7.75. The van der Waals surface area contributed by atoms with Crippen molar-refractivity contribution in [1.29, 1.82) is 0 Å². The van der Waals surface area contributed by atoms with Crippen molar-refractivity contribution < 1.29 is 4.79 Å². The maximum atomic E-state index is 12.6. The largest absolute Gasteiger partial charge is 0.324 e. The van der Waals surface area contributed by atoms with Gasteiger partial charge in [0.05, 0.1) is 0 Å². The molecule has 25 heavy (non-hydrogen) atoms. The summed E-state index contributed by atoms with van der Waals surface area (Å²) in [6, 6.07) is -0.149. The third-order valence-corrected chi connectivity index (χ3v) is 5.80. The van der Waals surface area contributed by atoms with Crippen LogP contribution in [0.2, 0.25) is 0 Å². The Bertz CT molecular complexity index is 767. The predicted octanol–water partition coefficient (Wildman–Crippen LogP) is 4.44. The van der Waals surface area contributed by atoms with E-state index in [1.54, 1.807) is 0 Å². The van der Waals surface area contributed by atoms with E-state index in [-0.39, 0.29) is 6.03 Å². The van der Waals surface area contributed by atoms with Gasteiger partial charge in [0.1, 0.15) is 5.84 Å². The molecule has 2 N–H and O–H groups in total. The third-order valence-electron chi connectivity index (χ3n) is 5.80. The lowest BCUT2D eigenvalue weighted by Crippen LogP contribution is -2.34. The summed E-state index contributed by atoms with van der Waals surface area (Å²) < 4.78 is 0. The molecule has 1 heterocycles. The molecular weight excluding hydrogens is 310 g/mol. The summed E-state index contributed by atoms with van der Waals surface area (Å²) in [5.41, 5.74) is 9.37. The van der Waals surface area contributed by atoms with E-state index in [9.17, 15) is 4.79 Å². The van der Waals surface area contributed by atoms with Crippen molar-refractivity contribution in [2.45, 2.75) is 65.7 Å². The molecule has 4 heteroatoms. The minimum absolute atomic E-state index is 0.149. The van der Waals surface area contributed by atoms with Crippen LogP contribution in [-0.4, -0.2) is 11.9 Å². The topological polar surface area (TPSA) is 53.5 Å². The average molecular weight is 337 g/mol. The Morgan fingerprint density at radius 2 is 1.60 bits per heavy atom. The molecule has 0 fully saturated rings. The Labute approximate surface area is 149 Å². The van der Waals surface area contributed by atoms with Crippen molar-refractivity contribution in [1.82, 2.24) is 5.32 Å². The number of rotatable bonds is 2. The van der Waals surface area contributed by atoms with Gasteiger partial charge in [-0.2, -0.15) is 0 Å². The van der Waals surface area contributed by atoms with E-state index in [1.807, 2.05) is 0 Å². The fourth-order valence-corrected chi connectivity index (χ4v) is 4.55. The molecular formula is C21H27N3O. The van der Waals surface area contributed by atoms with Crippen LogP contribution >= 0.6 is 0 Å². The summed E-state index contributed by atoms with van der Waals surface area (Å²) in [5, 5.41) is 6.14. The summed E-state index contributed by atoms with van der Waals surface area (Å²) in [7, 11) is 0. The van der Waals surface area contributed by atoms with Gasteiger partial charge in [-0.05, 0) is 79.2 Å². The first-order valence-corrected chi connectivity index (χ1v) is 9.56. The zero-order valence-corrected chi connectivity index (χ0v) is 15.5. The standard InChI is InChI=1S/C21H27N3O/c1-12(2)18-10-11-19(22-18)23-21(25)24-20-16-8-4-6-14(16)13(3)15-7-5-9-17(15)20/h10,12H,4-9,11H2,1-3H3,(H2,22,23,24,25). The number of amides is 2. The van der Waals surface area contributed by atoms with Crippen LogP contribution in [0.25, 0.3) is 0 Å². The van der Waals surface area contributed by atoms with Gasteiger partial charge >= 0.3 is 6.03 Å². The van der Waals surface area contributed by atoms with Crippen molar-refractivity contribution in [3.8, 4) is 0 Å². The molecule has 0 saturated heterocycles. The number of benzene rings is 1. The van der Waals surface area contributed by atoms with Crippen LogP contribution in [0.15, 0.2) is 16.8 Å². The Kier molecular flexibility index (Phi) is 4.14. The SMILES string of the molecule is Cc1c2c(c(NC(=O)NC3=NC(C(C)C)=CC3)c3c1CCC3)CCC2. The summed E-state index contributed by atoms with van der Waals surface area (Å²) in [6.07, 6.45) is 9.68. The van der Waals surface area contributed by atoms with Crippen LogP contribution in [0.5, 0.6) is 0 Å². The molecule has 0 atom stereocenters. The van der Waals surface area contributed by atoms with Crippen molar-refractivity contribution in [2.75, 3.05) is 5.32 Å². The highest BCUT2D eigenvalue weighted by Crippen LogP contribution is 2.41. The second kappa shape index (κ2) is 6.32. The quantitative estimate of drug-likeness (QED) is 0.824. The first-order chi connectivity index (χ1) is 12.0. The van der Waals surface area contributed by atoms with E-state index in [2.05, 4.69) is 42.5 Å². The van der Waals surface area contributed by atoms with E-state index in [4.69, 9.17) is 0 Å². The van der Waals surface area contributed by atoms with Gasteiger partial charge in [0.25, 0.3) is 0 Å². The molecule has 0 spiro atoms. The predicted molar refractivity (Wildman–Crippen MR) is 102 cm³/mol. The summed E-state index contributed by atoms with van der Waals surface area (Å²) in [5.74, 6) is 1.15. The number of carbonyl (C=O) groups excluding carboxylic acids is 1. The maximum Gasteiger partial charge on any atom is 0.324 e. The Balaban J connectivity index is 1.56. The number of nitrogens with zero attached hydrogens (tertiary/aromatic N) is 1. The van der Waals surface area contributed by atoms with Crippen LogP contribution < -0.4 is 10.6 Å². The molecule has 0 radical (unpaired) electrons. The van der Waals surface area contributed by atoms with Crippen LogP contribution in [-0.2, 0) is 25.7 Å². The Morgan fingerprint density at radius 1 is 1.00 bits per heavy atom.